The summed E-state index contributed by atoms with van der Waals surface area (Å²) in [5.74, 6) is -0.796. The Hall–Kier alpha value is -0.990. The molecule has 0 rings (SSSR count). The lowest BCUT2D eigenvalue weighted by atomic mass is 10.0. The average Bonchev–Trinajstić information content (AvgIpc) is 3.29. The van der Waals surface area contributed by atoms with Crippen molar-refractivity contribution < 1.29 is 42.1 Å². The number of quaternary nitrogens is 1. The van der Waals surface area contributed by atoms with Crippen LogP contribution < -0.4 is 0 Å². The standard InChI is InChI=1S/C57H114NO8P/c1-6-8-10-12-13-14-15-16-17-18-19-20-21-22-23-24-25-26-27-28-29-30-31-32-33-34-35-36-37-38-39-40-41-42-43-44-46-48-50-57(60)66-55(53-63-56(59)49-47-45-11-9-7-2)54-65-67(61,62)64-52-51-58(3,4)5/h55H,6-54H2,1-5H3/p+1. The van der Waals surface area contributed by atoms with Crippen molar-refractivity contribution in [1.29, 1.82) is 0 Å². The predicted octanol–water partition coefficient (Wildman–Crippen LogP) is 17.9. The summed E-state index contributed by atoms with van der Waals surface area (Å²) < 4.78 is 34.2. The minimum absolute atomic E-state index is 0.0362. The Morgan fingerprint density at radius 1 is 0.403 bits per heavy atom. The summed E-state index contributed by atoms with van der Waals surface area (Å²) >= 11 is 0. The highest BCUT2D eigenvalue weighted by Gasteiger charge is 2.27. The molecule has 0 aromatic carbocycles. The maximum absolute atomic E-state index is 12.7. The number of unbranched alkanes of at least 4 members (excludes halogenated alkanes) is 41. The van der Waals surface area contributed by atoms with E-state index in [1.54, 1.807) is 0 Å². The van der Waals surface area contributed by atoms with Crippen LogP contribution >= 0.6 is 7.82 Å². The van der Waals surface area contributed by atoms with Gasteiger partial charge in [0.2, 0.25) is 0 Å². The maximum Gasteiger partial charge on any atom is 0.472 e. The number of nitrogens with zero attached hydrogens (tertiary/aromatic N) is 1. The summed E-state index contributed by atoms with van der Waals surface area (Å²) in [6, 6.07) is 0. The minimum Gasteiger partial charge on any atom is -0.462 e. The molecule has 0 heterocycles. The van der Waals surface area contributed by atoms with Gasteiger partial charge in [-0.25, -0.2) is 4.57 Å². The van der Waals surface area contributed by atoms with E-state index in [1.807, 2.05) is 21.1 Å². The van der Waals surface area contributed by atoms with Crippen LogP contribution in [-0.2, 0) is 32.7 Å². The van der Waals surface area contributed by atoms with Crippen LogP contribution in [0.3, 0.4) is 0 Å². The zero-order valence-corrected chi connectivity index (χ0v) is 46.3. The lowest BCUT2D eigenvalue weighted by molar-refractivity contribution is -0.870. The molecule has 400 valence electrons. The van der Waals surface area contributed by atoms with E-state index in [-0.39, 0.29) is 32.0 Å². The van der Waals surface area contributed by atoms with E-state index in [2.05, 4.69) is 13.8 Å². The Morgan fingerprint density at radius 2 is 0.672 bits per heavy atom. The second-order valence-corrected chi connectivity index (χ2v) is 22.9. The van der Waals surface area contributed by atoms with Crippen LogP contribution in [0.1, 0.15) is 303 Å². The summed E-state index contributed by atoms with van der Waals surface area (Å²) in [5.41, 5.74) is 0. The molecule has 0 spiro atoms. The number of esters is 2. The molecular weight excluding hydrogens is 858 g/mol. The third-order valence-corrected chi connectivity index (χ3v) is 14.4. The van der Waals surface area contributed by atoms with Gasteiger partial charge >= 0.3 is 19.8 Å². The third-order valence-electron chi connectivity index (χ3n) is 13.4. The highest BCUT2D eigenvalue weighted by atomic mass is 31.2. The maximum atomic E-state index is 12.7. The van der Waals surface area contributed by atoms with Gasteiger partial charge in [-0.2, -0.15) is 0 Å². The minimum atomic E-state index is -4.36. The fourth-order valence-corrected chi connectivity index (χ4v) is 9.58. The van der Waals surface area contributed by atoms with Crippen LogP contribution in [0.2, 0.25) is 0 Å². The van der Waals surface area contributed by atoms with Crippen molar-refractivity contribution in [2.45, 2.75) is 309 Å². The van der Waals surface area contributed by atoms with Gasteiger partial charge in [0, 0.05) is 12.8 Å². The van der Waals surface area contributed by atoms with E-state index in [9.17, 15) is 19.0 Å². The number of rotatable bonds is 55. The number of hydrogen-bond acceptors (Lipinski definition) is 7. The average molecular weight is 974 g/mol. The highest BCUT2D eigenvalue weighted by Crippen LogP contribution is 2.43. The molecule has 0 radical (unpaired) electrons. The van der Waals surface area contributed by atoms with Gasteiger partial charge in [0.05, 0.1) is 27.7 Å². The van der Waals surface area contributed by atoms with Crippen LogP contribution in [-0.4, -0.2) is 74.9 Å². The molecule has 0 amide bonds. The van der Waals surface area contributed by atoms with Crippen LogP contribution in [0.25, 0.3) is 0 Å². The number of likely N-dealkylation sites (N-methyl/N-ethyl adjacent to an activating group) is 1. The van der Waals surface area contributed by atoms with Gasteiger partial charge in [0.1, 0.15) is 19.8 Å². The van der Waals surface area contributed by atoms with Crippen molar-refractivity contribution in [2.75, 3.05) is 47.5 Å². The quantitative estimate of drug-likeness (QED) is 0.0278. The van der Waals surface area contributed by atoms with Crippen LogP contribution in [0.4, 0.5) is 0 Å². The van der Waals surface area contributed by atoms with Gasteiger partial charge in [-0.15, -0.1) is 0 Å². The van der Waals surface area contributed by atoms with E-state index in [1.165, 1.54) is 225 Å². The second-order valence-electron chi connectivity index (χ2n) is 21.4. The molecule has 10 heteroatoms. The van der Waals surface area contributed by atoms with Gasteiger partial charge < -0.3 is 18.9 Å². The first kappa shape index (κ1) is 66.0. The van der Waals surface area contributed by atoms with Crippen LogP contribution in [0, 0.1) is 0 Å². The third kappa shape index (κ3) is 54.2. The number of carbonyl (C=O) groups excluding carboxylic acids is 2. The lowest BCUT2D eigenvalue weighted by Gasteiger charge is -2.24. The van der Waals surface area contributed by atoms with Crippen molar-refractivity contribution in [3.05, 3.63) is 0 Å². The zero-order chi connectivity index (χ0) is 49.2. The van der Waals surface area contributed by atoms with Gasteiger partial charge in [-0.1, -0.05) is 277 Å². The molecule has 0 bridgehead atoms. The smallest absolute Gasteiger partial charge is 0.462 e. The number of ether oxygens (including phenoxy) is 2. The number of phosphoric acid groups is 1. The van der Waals surface area contributed by atoms with E-state index >= 15 is 0 Å². The van der Waals surface area contributed by atoms with Gasteiger partial charge in [-0.05, 0) is 12.8 Å². The highest BCUT2D eigenvalue weighted by molar-refractivity contribution is 7.47. The molecule has 2 atom stereocenters. The molecule has 0 aromatic rings. The van der Waals surface area contributed by atoms with Crippen molar-refractivity contribution in [3.63, 3.8) is 0 Å². The van der Waals surface area contributed by atoms with Crippen molar-refractivity contribution in [2.24, 2.45) is 0 Å². The summed E-state index contributed by atoms with van der Waals surface area (Å²) in [7, 11) is 1.49. The van der Waals surface area contributed by atoms with Crippen LogP contribution in [0.15, 0.2) is 0 Å². The zero-order valence-electron chi connectivity index (χ0n) is 45.4. The molecule has 0 aliphatic carbocycles. The Balaban J connectivity index is 3.67. The first-order valence-corrected chi connectivity index (χ1v) is 30.8. The molecule has 0 aliphatic heterocycles. The Kier molecular flexibility index (Phi) is 49.2. The molecule has 67 heavy (non-hydrogen) atoms. The normalized spacial score (nSPS) is 13.2. The summed E-state index contributed by atoms with van der Waals surface area (Å²) in [6.45, 7) is 4.38. The summed E-state index contributed by atoms with van der Waals surface area (Å²) in [5, 5.41) is 0. The van der Waals surface area contributed by atoms with Gasteiger partial charge in [0.15, 0.2) is 6.10 Å². The molecule has 0 saturated carbocycles. The van der Waals surface area contributed by atoms with Crippen molar-refractivity contribution in [3.8, 4) is 0 Å². The lowest BCUT2D eigenvalue weighted by Crippen LogP contribution is -2.37. The number of phosphoric ester groups is 1. The molecular formula is C57H115NO8P+. The molecule has 0 aliphatic rings. The fourth-order valence-electron chi connectivity index (χ4n) is 8.84. The van der Waals surface area contributed by atoms with E-state index < -0.39 is 26.5 Å². The summed E-state index contributed by atoms with van der Waals surface area (Å²) in [4.78, 5) is 35.1. The Morgan fingerprint density at radius 3 is 0.955 bits per heavy atom. The van der Waals surface area contributed by atoms with Crippen LogP contribution in [0.5, 0.6) is 0 Å². The van der Waals surface area contributed by atoms with Crippen molar-refractivity contribution >= 4 is 19.8 Å². The van der Waals surface area contributed by atoms with Gasteiger partial charge in [0.25, 0.3) is 0 Å². The van der Waals surface area contributed by atoms with E-state index in [0.29, 0.717) is 11.0 Å². The monoisotopic (exact) mass is 973 g/mol. The molecule has 2 unspecified atom stereocenters. The molecule has 0 aromatic heterocycles. The second kappa shape index (κ2) is 50.0. The van der Waals surface area contributed by atoms with E-state index in [0.717, 1.165) is 51.4 Å². The SMILES string of the molecule is CCCCCCCCCCCCCCCCCCCCCCCCCCCCCCCCCCCCCCCCC(=O)OC(COC(=O)CCCCCCC)COP(=O)(O)OCC[N+](C)(C)C. The topological polar surface area (TPSA) is 108 Å². The molecule has 0 saturated heterocycles. The molecule has 0 fully saturated rings. The predicted molar refractivity (Wildman–Crippen MR) is 285 cm³/mol. The fraction of sp³-hybridized carbons (Fsp3) is 0.965. The van der Waals surface area contributed by atoms with Crippen molar-refractivity contribution in [1.82, 2.24) is 0 Å². The number of hydrogen-bond donors (Lipinski definition) is 1. The largest absolute Gasteiger partial charge is 0.472 e. The Bertz CT molecular complexity index is 1100. The molecule has 9 nitrogen and oxygen atoms in total. The van der Waals surface area contributed by atoms with E-state index in [4.69, 9.17) is 18.5 Å². The van der Waals surface area contributed by atoms with Gasteiger partial charge in [-0.3, -0.25) is 18.6 Å². The summed E-state index contributed by atoms with van der Waals surface area (Å²) in [6.07, 6.45) is 57.1. The Labute approximate surface area is 416 Å². The number of carbonyl (C=O) groups is 2. The first-order valence-electron chi connectivity index (χ1n) is 29.3. The first-order chi connectivity index (χ1) is 32.5. The molecule has 1 N–H and O–H groups in total.